The van der Waals surface area contributed by atoms with Gasteiger partial charge in [0.2, 0.25) is 0 Å². The monoisotopic (exact) mass is 205 g/mol. The summed E-state index contributed by atoms with van der Waals surface area (Å²) in [5, 5.41) is 0.00810. The van der Waals surface area contributed by atoms with Gasteiger partial charge in [0.1, 0.15) is 4.90 Å². The molecule has 1 aromatic carbocycles. The molecular weight excluding hydrogens is 200 g/mol. The Bertz CT molecular complexity index is 397. The lowest BCUT2D eigenvalue weighted by Gasteiger charge is -1.99. The molecule has 65 valence electrons. The van der Waals surface area contributed by atoms with Gasteiger partial charge in [0.25, 0.3) is 10.1 Å². The van der Waals surface area contributed by atoms with E-state index in [0.717, 1.165) is 6.07 Å². The fourth-order valence-electron chi connectivity index (χ4n) is 0.749. The first-order chi connectivity index (χ1) is 5.41. The van der Waals surface area contributed by atoms with Gasteiger partial charge in [-0.05, 0) is 30.7 Å². The van der Waals surface area contributed by atoms with E-state index in [-0.39, 0.29) is 9.92 Å². The van der Waals surface area contributed by atoms with E-state index < -0.39 is 10.1 Å². The lowest BCUT2D eigenvalue weighted by molar-refractivity contribution is 0.483. The number of benzene rings is 1. The van der Waals surface area contributed by atoms with Crippen LogP contribution >= 0.6 is 11.6 Å². The zero-order valence-corrected chi connectivity index (χ0v) is 7.78. The van der Waals surface area contributed by atoms with Gasteiger partial charge >= 0.3 is 0 Å². The second kappa shape index (κ2) is 3.05. The van der Waals surface area contributed by atoms with Gasteiger partial charge in [-0.2, -0.15) is 8.42 Å². The standard InChI is InChI=1S/C7H6ClO3S/c1-5-2-3-7(6(8)4-5)12(9,10)11/h3-4H,1H3,(H,9,10,11). The molecule has 0 fully saturated rings. The van der Waals surface area contributed by atoms with E-state index in [4.69, 9.17) is 16.2 Å². The minimum absolute atomic E-state index is 0.00810. The summed E-state index contributed by atoms with van der Waals surface area (Å²) < 4.78 is 29.9. The molecule has 0 atom stereocenters. The fourth-order valence-corrected chi connectivity index (χ4v) is 1.77. The molecule has 0 saturated carbocycles. The van der Waals surface area contributed by atoms with Crippen molar-refractivity contribution in [2.75, 3.05) is 0 Å². The number of aryl methyl sites for hydroxylation is 1. The predicted octanol–water partition coefficient (Wildman–Crippen LogP) is 1.70. The molecule has 12 heavy (non-hydrogen) atoms. The average molecular weight is 206 g/mol. The molecule has 0 aliphatic rings. The van der Waals surface area contributed by atoms with Crippen molar-refractivity contribution in [3.05, 3.63) is 28.8 Å². The smallest absolute Gasteiger partial charge is 0.282 e. The summed E-state index contributed by atoms with van der Waals surface area (Å²) in [5.41, 5.74) is 0.715. The highest BCUT2D eigenvalue weighted by Crippen LogP contribution is 2.21. The third-order valence-corrected chi connectivity index (χ3v) is 2.61. The van der Waals surface area contributed by atoms with Crippen molar-refractivity contribution in [1.29, 1.82) is 0 Å². The van der Waals surface area contributed by atoms with Crippen molar-refractivity contribution in [3.63, 3.8) is 0 Å². The van der Waals surface area contributed by atoms with Gasteiger partial charge in [-0.25, -0.2) is 0 Å². The van der Waals surface area contributed by atoms with Gasteiger partial charge in [0, 0.05) is 0 Å². The maximum atomic E-state index is 10.6. The Kier molecular flexibility index (Phi) is 2.41. The van der Waals surface area contributed by atoms with Crippen LogP contribution in [-0.4, -0.2) is 13.0 Å². The molecule has 0 aromatic heterocycles. The van der Waals surface area contributed by atoms with Gasteiger partial charge in [-0.15, -0.1) is 0 Å². The minimum atomic E-state index is -4.21. The molecule has 0 bridgehead atoms. The predicted molar refractivity (Wildman–Crippen MR) is 44.8 cm³/mol. The SMILES string of the molecule is Cc1[c]cc(S(=O)(=O)O)c(Cl)c1. The molecule has 1 aromatic rings. The fraction of sp³-hybridized carbons (Fsp3) is 0.143. The van der Waals surface area contributed by atoms with Crippen LogP contribution in [0.2, 0.25) is 5.02 Å². The second-order valence-electron chi connectivity index (χ2n) is 2.30. The summed E-state index contributed by atoms with van der Waals surface area (Å²) >= 11 is 5.55. The Balaban J connectivity index is 3.39. The lowest BCUT2D eigenvalue weighted by Crippen LogP contribution is -1.98. The van der Waals surface area contributed by atoms with Gasteiger partial charge in [-0.3, -0.25) is 4.55 Å². The molecule has 0 spiro atoms. The summed E-state index contributed by atoms with van der Waals surface area (Å²) in [6, 6.07) is 5.19. The average Bonchev–Trinajstić information content (AvgIpc) is 1.83. The molecule has 5 heteroatoms. The van der Waals surface area contributed by atoms with Crippen LogP contribution in [0, 0.1) is 13.0 Å². The van der Waals surface area contributed by atoms with Gasteiger partial charge in [0.05, 0.1) is 5.02 Å². The first-order valence-electron chi connectivity index (χ1n) is 3.06. The van der Waals surface area contributed by atoms with Crippen LogP contribution in [0.25, 0.3) is 0 Å². The normalized spacial score (nSPS) is 11.6. The molecule has 0 heterocycles. The molecule has 0 aliphatic heterocycles. The Morgan fingerprint density at radius 3 is 2.58 bits per heavy atom. The molecule has 0 aliphatic carbocycles. The van der Waals surface area contributed by atoms with Crippen LogP contribution < -0.4 is 0 Å². The summed E-state index contributed by atoms with van der Waals surface area (Å²) in [7, 11) is -4.21. The van der Waals surface area contributed by atoms with Crippen LogP contribution in [0.15, 0.2) is 17.0 Å². The van der Waals surface area contributed by atoms with Crippen LogP contribution in [-0.2, 0) is 10.1 Å². The van der Waals surface area contributed by atoms with Crippen LogP contribution in [0.1, 0.15) is 5.56 Å². The Hall–Kier alpha value is -0.580. The first-order valence-corrected chi connectivity index (χ1v) is 4.88. The van der Waals surface area contributed by atoms with E-state index in [0.29, 0.717) is 5.56 Å². The van der Waals surface area contributed by atoms with Crippen molar-refractivity contribution < 1.29 is 13.0 Å². The molecule has 3 nitrogen and oxygen atoms in total. The van der Waals surface area contributed by atoms with E-state index in [1.165, 1.54) is 6.07 Å². The number of hydrogen-bond donors (Lipinski definition) is 1. The minimum Gasteiger partial charge on any atom is -0.282 e. The maximum absolute atomic E-state index is 10.6. The summed E-state index contributed by atoms with van der Waals surface area (Å²) in [6.07, 6.45) is 0. The molecule has 1 radical (unpaired) electrons. The van der Waals surface area contributed by atoms with Crippen molar-refractivity contribution in [2.24, 2.45) is 0 Å². The van der Waals surface area contributed by atoms with Crippen molar-refractivity contribution in [3.8, 4) is 0 Å². The van der Waals surface area contributed by atoms with Crippen LogP contribution in [0.4, 0.5) is 0 Å². The molecular formula is C7H6ClO3S. The molecule has 0 saturated heterocycles. The van der Waals surface area contributed by atoms with Crippen LogP contribution in [0.5, 0.6) is 0 Å². The van der Waals surface area contributed by atoms with Crippen molar-refractivity contribution >= 4 is 21.7 Å². The Labute approximate surface area is 75.7 Å². The highest BCUT2D eigenvalue weighted by Gasteiger charge is 2.13. The van der Waals surface area contributed by atoms with E-state index in [9.17, 15) is 8.42 Å². The van der Waals surface area contributed by atoms with Crippen molar-refractivity contribution in [2.45, 2.75) is 11.8 Å². The van der Waals surface area contributed by atoms with Crippen LogP contribution in [0.3, 0.4) is 0 Å². The highest BCUT2D eigenvalue weighted by molar-refractivity contribution is 7.86. The Morgan fingerprint density at radius 1 is 1.58 bits per heavy atom. The van der Waals surface area contributed by atoms with E-state index in [2.05, 4.69) is 6.07 Å². The molecule has 1 N–H and O–H groups in total. The third kappa shape index (κ3) is 1.97. The topological polar surface area (TPSA) is 54.4 Å². The summed E-state index contributed by atoms with van der Waals surface area (Å²) in [4.78, 5) is -0.310. The highest BCUT2D eigenvalue weighted by atomic mass is 35.5. The number of halogens is 1. The zero-order valence-electron chi connectivity index (χ0n) is 6.20. The molecule has 0 unspecified atom stereocenters. The second-order valence-corrected chi connectivity index (χ2v) is 4.10. The molecule has 1 rings (SSSR count). The lowest BCUT2D eigenvalue weighted by atomic mass is 10.2. The summed E-state index contributed by atoms with van der Waals surface area (Å²) in [6.45, 7) is 1.72. The van der Waals surface area contributed by atoms with Gasteiger partial charge in [-0.1, -0.05) is 11.6 Å². The van der Waals surface area contributed by atoms with Gasteiger partial charge < -0.3 is 0 Å². The molecule has 0 amide bonds. The van der Waals surface area contributed by atoms with E-state index >= 15 is 0 Å². The quantitative estimate of drug-likeness (QED) is 0.710. The maximum Gasteiger partial charge on any atom is 0.296 e. The van der Waals surface area contributed by atoms with E-state index in [1.54, 1.807) is 6.92 Å². The Morgan fingerprint density at radius 2 is 2.17 bits per heavy atom. The summed E-state index contributed by atoms with van der Waals surface area (Å²) in [5.74, 6) is 0. The first kappa shape index (κ1) is 9.51. The number of hydrogen-bond acceptors (Lipinski definition) is 2. The third-order valence-electron chi connectivity index (χ3n) is 1.29. The van der Waals surface area contributed by atoms with Gasteiger partial charge in [0.15, 0.2) is 0 Å². The largest absolute Gasteiger partial charge is 0.296 e. The number of rotatable bonds is 1. The van der Waals surface area contributed by atoms with E-state index in [1.807, 2.05) is 0 Å². The van der Waals surface area contributed by atoms with Crippen molar-refractivity contribution in [1.82, 2.24) is 0 Å². The zero-order chi connectivity index (χ0) is 9.35.